The first-order valence-corrected chi connectivity index (χ1v) is 9.40. The second-order valence-electron chi connectivity index (χ2n) is 6.18. The number of carbonyl (C=O) groups is 1. The fourth-order valence-corrected chi connectivity index (χ4v) is 3.53. The molecular formula is C19H21N5O2S. The fourth-order valence-electron chi connectivity index (χ4n) is 2.84. The van der Waals surface area contributed by atoms with E-state index >= 15 is 0 Å². The summed E-state index contributed by atoms with van der Waals surface area (Å²) in [7, 11) is 1.61. The Morgan fingerprint density at radius 2 is 1.81 bits per heavy atom. The van der Waals surface area contributed by atoms with Crippen molar-refractivity contribution in [3.63, 3.8) is 0 Å². The summed E-state index contributed by atoms with van der Waals surface area (Å²) in [6, 6.07) is 11.5. The van der Waals surface area contributed by atoms with Gasteiger partial charge < -0.3 is 10.1 Å². The highest BCUT2D eigenvalue weighted by Gasteiger charge is 2.13. The molecule has 1 N–H and O–H groups in total. The van der Waals surface area contributed by atoms with Crippen molar-refractivity contribution in [3.05, 3.63) is 53.1 Å². The van der Waals surface area contributed by atoms with Crippen molar-refractivity contribution in [3.8, 4) is 11.4 Å². The second-order valence-corrected chi connectivity index (χ2v) is 7.12. The normalized spacial score (nSPS) is 10.7. The molecular weight excluding hydrogens is 362 g/mol. The minimum absolute atomic E-state index is 0.0978. The van der Waals surface area contributed by atoms with Crippen LogP contribution in [0.5, 0.6) is 5.75 Å². The van der Waals surface area contributed by atoms with Crippen LogP contribution in [0.3, 0.4) is 0 Å². The maximum Gasteiger partial charge on any atom is 0.234 e. The summed E-state index contributed by atoms with van der Waals surface area (Å²) in [4.78, 5) is 12.4. The Hall–Kier alpha value is -2.87. The number of benzene rings is 2. The minimum atomic E-state index is -0.0978. The van der Waals surface area contributed by atoms with Gasteiger partial charge in [-0.05, 0) is 66.6 Å². The van der Waals surface area contributed by atoms with Crippen LogP contribution in [0.2, 0.25) is 0 Å². The van der Waals surface area contributed by atoms with Gasteiger partial charge >= 0.3 is 0 Å². The highest BCUT2D eigenvalue weighted by atomic mass is 32.2. The van der Waals surface area contributed by atoms with E-state index in [4.69, 9.17) is 4.74 Å². The summed E-state index contributed by atoms with van der Waals surface area (Å²) >= 11 is 1.28. The number of aromatic nitrogens is 4. The van der Waals surface area contributed by atoms with Gasteiger partial charge in [0.2, 0.25) is 11.1 Å². The molecule has 0 spiro atoms. The summed E-state index contributed by atoms with van der Waals surface area (Å²) in [6.07, 6.45) is 0. The zero-order valence-corrected chi connectivity index (χ0v) is 16.5. The van der Waals surface area contributed by atoms with Crippen LogP contribution >= 0.6 is 11.8 Å². The number of thioether (sulfide) groups is 1. The number of amides is 1. The van der Waals surface area contributed by atoms with Crippen molar-refractivity contribution in [2.45, 2.75) is 25.9 Å². The zero-order valence-electron chi connectivity index (χ0n) is 15.7. The molecule has 2 aromatic carbocycles. The number of anilines is 1. The lowest BCUT2D eigenvalue weighted by molar-refractivity contribution is -0.113. The molecule has 0 saturated heterocycles. The first-order chi connectivity index (χ1) is 13.0. The van der Waals surface area contributed by atoms with Gasteiger partial charge in [0.05, 0.1) is 18.6 Å². The Kier molecular flexibility index (Phi) is 5.75. The number of aryl methyl sites for hydroxylation is 3. The first kappa shape index (κ1) is 18.9. The molecule has 0 unspecified atom stereocenters. The van der Waals surface area contributed by atoms with Gasteiger partial charge in [-0.1, -0.05) is 29.5 Å². The Morgan fingerprint density at radius 1 is 1.15 bits per heavy atom. The third-order valence-corrected chi connectivity index (χ3v) is 4.95. The lowest BCUT2D eigenvalue weighted by Gasteiger charge is -2.12. The molecule has 1 amide bonds. The summed E-state index contributed by atoms with van der Waals surface area (Å²) in [6.45, 7) is 6.03. The van der Waals surface area contributed by atoms with Crippen molar-refractivity contribution in [2.24, 2.45) is 0 Å². The number of hydrogen-bond donors (Lipinski definition) is 1. The SMILES string of the molecule is COc1ccc(-n2nnnc2SCC(=O)Nc2c(C)cc(C)cc2C)cc1. The second kappa shape index (κ2) is 8.22. The topological polar surface area (TPSA) is 81.9 Å². The number of nitrogens with one attached hydrogen (secondary N) is 1. The van der Waals surface area contributed by atoms with Gasteiger partial charge in [0.1, 0.15) is 5.75 Å². The highest BCUT2D eigenvalue weighted by Crippen LogP contribution is 2.24. The van der Waals surface area contributed by atoms with Crippen molar-refractivity contribution in [1.82, 2.24) is 20.2 Å². The van der Waals surface area contributed by atoms with E-state index < -0.39 is 0 Å². The molecule has 1 aromatic heterocycles. The Balaban J connectivity index is 1.67. The van der Waals surface area contributed by atoms with E-state index in [2.05, 4.69) is 33.0 Å². The maximum absolute atomic E-state index is 12.4. The highest BCUT2D eigenvalue weighted by molar-refractivity contribution is 7.99. The molecule has 27 heavy (non-hydrogen) atoms. The first-order valence-electron chi connectivity index (χ1n) is 8.41. The monoisotopic (exact) mass is 383 g/mol. The number of ether oxygens (including phenoxy) is 1. The van der Waals surface area contributed by atoms with Crippen molar-refractivity contribution in [2.75, 3.05) is 18.2 Å². The van der Waals surface area contributed by atoms with Gasteiger partial charge in [0.25, 0.3) is 0 Å². The van der Waals surface area contributed by atoms with Crippen molar-refractivity contribution < 1.29 is 9.53 Å². The summed E-state index contributed by atoms with van der Waals surface area (Å²) in [5.41, 5.74) is 4.94. The molecule has 0 aliphatic carbocycles. The van der Waals surface area contributed by atoms with Gasteiger partial charge in [-0.2, -0.15) is 4.68 Å². The average molecular weight is 383 g/mol. The molecule has 7 nitrogen and oxygen atoms in total. The van der Waals surface area contributed by atoms with E-state index in [9.17, 15) is 4.79 Å². The van der Waals surface area contributed by atoms with Crippen molar-refractivity contribution >= 4 is 23.4 Å². The Morgan fingerprint density at radius 3 is 2.44 bits per heavy atom. The fraction of sp³-hybridized carbons (Fsp3) is 0.263. The van der Waals surface area contributed by atoms with Crippen LogP contribution in [-0.2, 0) is 4.79 Å². The standard InChI is InChI=1S/C19H21N5O2S/c1-12-9-13(2)18(14(3)10-12)20-17(25)11-27-19-21-22-23-24(19)15-5-7-16(26-4)8-6-15/h5-10H,11H2,1-4H3,(H,20,25). The van der Waals surface area contributed by atoms with E-state index in [0.29, 0.717) is 5.16 Å². The van der Waals surface area contributed by atoms with Crippen molar-refractivity contribution in [1.29, 1.82) is 0 Å². The molecule has 0 atom stereocenters. The molecule has 1 heterocycles. The maximum atomic E-state index is 12.4. The molecule has 3 rings (SSSR count). The van der Waals surface area contributed by atoms with Crippen LogP contribution in [0, 0.1) is 20.8 Å². The third-order valence-electron chi connectivity index (χ3n) is 4.03. The van der Waals surface area contributed by atoms with E-state index in [1.807, 2.05) is 45.0 Å². The van der Waals surface area contributed by atoms with E-state index in [-0.39, 0.29) is 11.7 Å². The van der Waals surface area contributed by atoms with Crippen LogP contribution in [0.15, 0.2) is 41.6 Å². The molecule has 0 saturated carbocycles. The lowest BCUT2D eigenvalue weighted by atomic mass is 10.1. The van der Waals surface area contributed by atoms with Crippen LogP contribution in [-0.4, -0.2) is 39.0 Å². The minimum Gasteiger partial charge on any atom is -0.497 e. The van der Waals surface area contributed by atoms with E-state index in [0.717, 1.165) is 28.3 Å². The summed E-state index contributed by atoms with van der Waals surface area (Å²) < 4.78 is 6.76. The quantitative estimate of drug-likeness (QED) is 0.658. The molecule has 0 aliphatic heterocycles. The Labute approximate surface area is 162 Å². The van der Waals surface area contributed by atoms with Crippen LogP contribution < -0.4 is 10.1 Å². The van der Waals surface area contributed by atoms with Crippen LogP contribution in [0.4, 0.5) is 5.69 Å². The molecule has 0 aliphatic rings. The molecule has 3 aromatic rings. The largest absolute Gasteiger partial charge is 0.497 e. The van der Waals surface area contributed by atoms with E-state index in [1.165, 1.54) is 17.3 Å². The zero-order chi connectivity index (χ0) is 19.4. The number of tetrazole rings is 1. The van der Waals surface area contributed by atoms with Gasteiger partial charge in [-0.15, -0.1) is 5.10 Å². The summed E-state index contributed by atoms with van der Waals surface area (Å²) in [5, 5.41) is 15.3. The predicted molar refractivity (Wildman–Crippen MR) is 106 cm³/mol. The molecule has 0 radical (unpaired) electrons. The number of carbonyl (C=O) groups excluding carboxylic acids is 1. The summed E-state index contributed by atoms with van der Waals surface area (Å²) in [5.74, 6) is 0.868. The third kappa shape index (κ3) is 4.46. The number of nitrogens with zero attached hydrogens (tertiary/aromatic N) is 4. The lowest BCUT2D eigenvalue weighted by Crippen LogP contribution is -2.16. The molecule has 140 valence electrons. The van der Waals surface area contributed by atoms with Crippen LogP contribution in [0.25, 0.3) is 5.69 Å². The molecule has 0 fully saturated rings. The predicted octanol–water partition coefficient (Wildman–Crippen LogP) is 3.33. The van der Waals surface area contributed by atoms with Gasteiger partial charge in [-0.3, -0.25) is 4.79 Å². The van der Waals surface area contributed by atoms with Gasteiger partial charge in [0.15, 0.2) is 0 Å². The van der Waals surface area contributed by atoms with Crippen LogP contribution in [0.1, 0.15) is 16.7 Å². The number of rotatable bonds is 6. The van der Waals surface area contributed by atoms with E-state index in [1.54, 1.807) is 11.8 Å². The number of hydrogen-bond acceptors (Lipinski definition) is 6. The average Bonchev–Trinajstić information content (AvgIpc) is 3.11. The van der Waals surface area contributed by atoms with Gasteiger partial charge in [0, 0.05) is 5.69 Å². The smallest absolute Gasteiger partial charge is 0.234 e. The Bertz CT molecular complexity index is 930. The molecule has 0 bridgehead atoms. The molecule has 8 heteroatoms. The van der Waals surface area contributed by atoms with Gasteiger partial charge in [-0.25, -0.2) is 0 Å². The number of methoxy groups -OCH3 is 1.